The zero-order valence-electron chi connectivity index (χ0n) is 11.2. The van der Waals surface area contributed by atoms with E-state index >= 15 is 0 Å². The van der Waals surface area contributed by atoms with E-state index < -0.39 is 0 Å². The van der Waals surface area contributed by atoms with Crippen molar-refractivity contribution in [1.29, 1.82) is 0 Å². The average molecular weight is 278 g/mol. The van der Waals surface area contributed by atoms with Gasteiger partial charge in [0.05, 0.1) is 11.5 Å². The van der Waals surface area contributed by atoms with Gasteiger partial charge in [-0.25, -0.2) is 4.98 Å². The number of piperidine rings is 1. The molecule has 1 aliphatic heterocycles. The van der Waals surface area contributed by atoms with Gasteiger partial charge in [0.25, 0.3) is 0 Å². The van der Waals surface area contributed by atoms with Crippen LogP contribution < -0.4 is 10.6 Å². The molecule has 1 fully saturated rings. The Morgan fingerprint density at radius 3 is 3.11 bits per heavy atom. The van der Waals surface area contributed by atoms with Crippen molar-refractivity contribution in [3.63, 3.8) is 0 Å². The fourth-order valence-corrected chi connectivity index (χ4v) is 3.40. The second kappa shape index (κ2) is 4.94. The van der Waals surface area contributed by atoms with Crippen LogP contribution in [0.3, 0.4) is 0 Å². The summed E-state index contributed by atoms with van der Waals surface area (Å²) in [6.45, 7) is 4.08. The highest BCUT2D eigenvalue weighted by Crippen LogP contribution is 2.31. The first-order valence-corrected chi connectivity index (χ1v) is 7.35. The molecular weight excluding hydrogens is 260 g/mol. The molecule has 1 saturated heterocycles. The zero-order chi connectivity index (χ0) is 13.4. The molecule has 0 bridgehead atoms. The van der Waals surface area contributed by atoms with Crippen LogP contribution in [0, 0.1) is 5.92 Å². The number of nitrogens with two attached hydrogens (primary N) is 1. The molecule has 0 amide bonds. The lowest BCUT2D eigenvalue weighted by Gasteiger charge is -2.37. The average Bonchev–Trinajstić information content (AvgIpc) is 2.86. The molecule has 2 N–H and O–H groups in total. The van der Waals surface area contributed by atoms with E-state index in [4.69, 9.17) is 10.5 Å². The lowest BCUT2D eigenvalue weighted by Crippen LogP contribution is -2.44. The van der Waals surface area contributed by atoms with Crippen LogP contribution in [-0.2, 0) is 4.74 Å². The first-order valence-electron chi connectivity index (χ1n) is 6.47. The Kier molecular flexibility index (Phi) is 3.28. The number of hydrogen-bond donors (Lipinski definition) is 1. The third kappa shape index (κ3) is 2.26. The van der Waals surface area contributed by atoms with E-state index in [0.29, 0.717) is 11.9 Å². The number of nitrogens with zero attached hydrogens (tertiary/aromatic N) is 3. The van der Waals surface area contributed by atoms with Gasteiger partial charge in [-0.3, -0.25) is 0 Å². The maximum absolute atomic E-state index is 5.81. The topological polar surface area (TPSA) is 64.3 Å². The molecule has 3 heterocycles. The predicted octanol–water partition coefficient (Wildman–Crippen LogP) is 2.13. The summed E-state index contributed by atoms with van der Waals surface area (Å²) in [7, 11) is 1.78. The molecule has 2 atom stereocenters. The van der Waals surface area contributed by atoms with Gasteiger partial charge in [-0.05, 0) is 23.8 Å². The Morgan fingerprint density at radius 2 is 2.32 bits per heavy atom. The van der Waals surface area contributed by atoms with Crippen LogP contribution in [0.25, 0.3) is 10.2 Å². The molecule has 3 rings (SSSR count). The van der Waals surface area contributed by atoms with Gasteiger partial charge in [0.15, 0.2) is 0 Å². The minimum absolute atomic E-state index is 0.249. The summed E-state index contributed by atoms with van der Waals surface area (Å²) in [6, 6.07) is 2.06. The number of anilines is 2. The van der Waals surface area contributed by atoms with Gasteiger partial charge in [0, 0.05) is 20.2 Å². The first-order chi connectivity index (χ1) is 9.19. The van der Waals surface area contributed by atoms with Crippen LogP contribution >= 0.6 is 11.3 Å². The summed E-state index contributed by atoms with van der Waals surface area (Å²) in [5.41, 5.74) is 5.81. The standard InChI is InChI=1S/C13H18N4OS/c1-8-3-5-17(7-10(8)18-2)11-9-4-6-19-12(9)16-13(14)15-11/h4,6,8,10H,3,5,7H2,1-2H3,(H2,14,15,16). The van der Waals surface area contributed by atoms with E-state index in [1.54, 1.807) is 18.4 Å². The first kappa shape index (κ1) is 12.6. The molecule has 2 aromatic rings. The highest BCUT2D eigenvalue weighted by molar-refractivity contribution is 7.16. The minimum Gasteiger partial charge on any atom is -0.379 e. The molecule has 0 saturated carbocycles. The molecule has 6 heteroatoms. The normalized spacial score (nSPS) is 24.0. The van der Waals surface area contributed by atoms with Crippen LogP contribution in [0.2, 0.25) is 0 Å². The van der Waals surface area contributed by atoms with Crippen molar-refractivity contribution >= 4 is 33.3 Å². The molecule has 0 spiro atoms. The number of thiophene rings is 1. The van der Waals surface area contributed by atoms with Gasteiger partial charge in [-0.15, -0.1) is 11.3 Å². The van der Waals surface area contributed by atoms with Crippen molar-refractivity contribution in [3.05, 3.63) is 11.4 Å². The molecule has 5 nitrogen and oxygen atoms in total. The van der Waals surface area contributed by atoms with Crippen LogP contribution in [0.15, 0.2) is 11.4 Å². The van der Waals surface area contributed by atoms with Gasteiger partial charge in [0.1, 0.15) is 10.6 Å². The summed E-state index contributed by atoms with van der Waals surface area (Å²) in [5, 5.41) is 3.12. The maximum atomic E-state index is 5.81. The fourth-order valence-electron chi connectivity index (χ4n) is 2.63. The Balaban J connectivity index is 1.97. The molecule has 0 aliphatic carbocycles. The Hall–Kier alpha value is -1.40. The molecule has 0 radical (unpaired) electrons. The maximum Gasteiger partial charge on any atom is 0.223 e. The number of aromatic nitrogens is 2. The van der Waals surface area contributed by atoms with Crippen molar-refractivity contribution in [2.75, 3.05) is 30.8 Å². The monoisotopic (exact) mass is 278 g/mol. The summed E-state index contributed by atoms with van der Waals surface area (Å²) >= 11 is 1.60. The summed E-state index contributed by atoms with van der Waals surface area (Å²) < 4.78 is 5.57. The third-order valence-electron chi connectivity index (χ3n) is 3.81. The SMILES string of the molecule is COC1CN(c2nc(N)nc3sccc23)CCC1C. The van der Waals surface area contributed by atoms with E-state index in [-0.39, 0.29) is 6.10 Å². The molecule has 1 aliphatic rings. The zero-order valence-corrected chi connectivity index (χ0v) is 12.0. The number of hydrogen-bond acceptors (Lipinski definition) is 6. The van der Waals surface area contributed by atoms with E-state index in [0.717, 1.165) is 35.5 Å². The van der Waals surface area contributed by atoms with Gasteiger partial charge in [-0.1, -0.05) is 6.92 Å². The second-order valence-electron chi connectivity index (χ2n) is 5.03. The molecule has 0 aromatic carbocycles. The van der Waals surface area contributed by atoms with Crippen LogP contribution in [-0.4, -0.2) is 36.3 Å². The third-order valence-corrected chi connectivity index (χ3v) is 4.62. The van der Waals surface area contributed by atoms with Crippen molar-refractivity contribution in [1.82, 2.24) is 9.97 Å². The van der Waals surface area contributed by atoms with Crippen LogP contribution in [0.1, 0.15) is 13.3 Å². The lowest BCUT2D eigenvalue weighted by molar-refractivity contribution is 0.0497. The summed E-state index contributed by atoms with van der Waals surface area (Å²) in [5.74, 6) is 1.87. The van der Waals surface area contributed by atoms with Gasteiger partial charge >= 0.3 is 0 Å². The van der Waals surface area contributed by atoms with Gasteiger partial charge in [0.2, 0.25) is 5.95 Å². The quantitative estimate of drug-likeness (QED) is 0.911. The van der Waals surface area contributed by atoms with Crippen molar-refractivity contribution < 1.29 is 4.74 Å². The van der Waals surface area contributed by atoms with Gasteiger partial charge in [-0.2, -0.15) is 4.98 Å². The Bertz CT molecular complexity index is 585. The van der Waals surface area contributed by atoms with Crippen molar-refractivity contribution in [2.24, 2.45) is 5.92 Å². The van der Waals surface area contributed by atoms with E-state index in [1.165, 1.54) is 0 Å². The number of fused-ring (bicyclic) bond motifs is 1. The Morgan fingerprint density at radius 1 is 1.47 bits per heavy atom. The minimum atomic E-state index is 0.249. The van der Waals surface area contributed by atoms with Crippen LogP contribution in [0.4, 0.5) is 11.8 Å². The molecule has 2 unspecified atom stereocenters. The lowest BCUT2D eigenvalue weighted by atomic mass is 9.96. The van der Waals surface area contributed by atoms with E-state index in [2.05, 4.69) is 27.9 Å². The summed E-state index contributed by atoms with van der Waals surface area (Å²) in [6.07, 6.45) is 1.35. The fraction of sp³-hybridized carbons (Fsp3) is 0.538. The molecule has 19 heavy (non-hydrogen) atoms. The van der Waals surface area contributed by atoms with Crippen molar-refractivity contribution in [2.45, 2.75) is 19.4 Å². The van der Waals surface area contributed by atoms with E-state index in [1.807, 2.05) is 5.38 Å². The molecular formula is C13H18N4OS. The molecule has 102 valence electrons. The predicted molar refractivity (Wildman–Crippen MR) is 78.6 cm³/mol. The van der Waals surface area contributed by atoms with Gasteiger partial charge < -0.3 is 15.4 Å². The largest absolute Gasteiger partial charge is 0.379 e. The second-order valence-corrected chi connectivity index (χ2v) is 5.93. The molecule has 2 aromatic heterocycles. The van der Waals surface area contributed by atoms with Crippen LogP contribution in [0.5, 0.6) is 0 Å². The highest BCUT2D eigenvalue weighted by Gasteiger charge is 2.28. The van der Waals surface area contributed by atoms with Crippen molar-refractivity contribution in [3.8, 4) is 0 Å². The number of ether oxygens (including phenoxy) is 1. The Labute approximate surface area is 116 Å². The number of nitrogen functional groups attached to an aromatic ring is 1. The highest BCUT2D eigenvalue weighted by atomic mass is 32.1. The number of methoxy groups -OCH3 is 1. The number of rotatable bonds is 2. The van der Waals surface area contributed by atoms with E-state index in [9.17, 15) is 0 Å². The summed E-state index contributed by atoms with van der Waals surface area (Å²) in [4.78, 5) is 11.9. The smallest absolute Gasteiger partial charge is 0.223 e.